The molecule has 0 bridgehead atoms. The lowest BCUT2D eigenvalue weighted by atomic mass is 10.1. The fourth-order valence-corrected chi connectivity index (χ4v) is 3.10. The number of carbonyl (C=O) groups is 1. The number of ether oxygens (including phenoxy) is 1. The summed E-state index contributed by atoms with van der Waals surface area (Å²) in [6.45, 7) is 0.570. The van der Waals surface area contributed by atoms with Gasteiger partial charge >= 0.3 is 0 Å². The molecule has 0 saturated heterocycles. The van der Waals surface area contributed by atoms with Gasteiger partial charge in [0.25, 0.3) is 0 Å². The average Bonchev–Trinajstić information content (AvgIpc) is 2.93. The predicted molar refractivity (Wildman–Crippen MR) is 99.1 cm³/mol. The summed E-state index contributed by atoms with van der Waals surface area (Å²) < 4.78 is 7.12. The first-order chi connectivity index (χ1) is 12.1. The number of aromatic nitrogens is 2. The molecule has 1 N–H and O–H groups in total. The maximum absolute atomic E-state index is 12.2. The normalized spacial score (nSPS) is 10.8. The molecule has 0 spiro atoms. The molecule has 5 nitrogen and oxygen atoms in total. The molecular weight excluding hydrogens is 338 g/mol. The number of methoxy groups -OCH3 is 1. The summed E-state index contributed by atoms with van der Waals surface area (Å²) in [6.07, 6.45) is 4.85. The molecule has 0 aliphatic heterocycles. The van der Waals surface area contributed by atoms with Crippen molar-refractivity contribution in [1.82, 2.24) is 14.9 Å². The van der Waals surface area contributed by atoms with Gasteiger partial charge in [0.2, 0.25) is 5.91 Å². The third-order valence-corrected chi connectivity index (χ3v) is 4.50. The number of benzene rings is 1. The molecule has 1 amide bonds. The van der Waals surface area contributed by atoms with E-state index in [9.17, 15) is 4.79 Å². The van der Waals surface area contributed by atoms with Gasteiger partial charge in [-0.05, 0) is 41.8 Å². The van der Waals surface area contributed by atoms with Crippen molar-refractivity contribution < 1.29 is 9.53 Å². The van der Waals surface area contributed by atoms with Gasteiger partial charge in [-0.2, -0.15) is 0 Å². The van der Waals surface area contributed by atoms with E-state index in [1.165, 1.54) is 5.56 Å². The van der Waals surface area contributed by atoms with Gasteiger partial charge in [-0.3, -0.25) is 4.79 Å². The number of rotatable bonds is 6. The van der Waals surface area contributed by atoms with Crippen LogP contribution in [-0.2, 0) is 24.7 Å². The highest BCUT2D eigenvalue weighted by Crippen LogP contribution is 2.23. The number of halogens is 1. The Bertz CT molecular complexity index is 905. The van der Waals surface area contributed by atoms with Crippen molar-refractivity contribution in [1.29, 1.82) is 0 Å². The molecule has 2 heterocycles. The number of pyridine rings is 1. The zero-order chi connectivity index (χ0) is 17.8. The summed E-state index contributed by atoms with van der Waals surface area (Å²) >= 11 is 6.18. The molecule has 0 saturated carbocycles. The van der Waals surface area contributed by atoms with Gasteiger partial charge in [0.15, 0.2) is 0 Å². The molecular formula is C19H20ClN3O2. The minimum absolute atomic E-state index is 0.0505. The first-order valence-electron chi connectivity index (χ1n) is 8.06. The van der Waals surface area contributed by atoms with Crippen LogP contribution < -0.4 is 10.1 Å². The summed E-state index contributed by atoms with van der Waals surface area (Å²) in [5.74, 6) is 0.629. The molecule has 25 heavy (non-hydrogen) atoms. The molecule has 3 rings (SSSR count). The lowest BCUT2D eigenvalue weighted by molar-refractivity contribution is -0.120. The molecule has 0 unspecified atom stereocenters. The zero-order valence-corrected chi connectivity index (χ0v) is 15.0. The highest BCUT2D eigenvalue weighted by molar-refractivity contribution is 6.31. The Labute approximate surface area is 151 Å². The smallest absolute Gasteiger partial charge is 0.224 e. The fraction of sp³-hybridized carbons (Fsp3) is 0.263. The lowest BCUT2D eigenvalue weighted by Gasteiger charge is -2.08. The first-order valence-corrected chi connectivity index (χ1v) is 8.44. The van der Waals surface area contributed by atoms with Gasteiger partial charge in [0.1, 0.15) is 11.4 Å². The van der Waals surface area contributed by atoms with Crippen LogP contribution in [0.1, 0.15) is 11.1 Å². The minimum atomic E-state index is -0.0505. The number of carbonyl (C=O) groups excluding carboxylic acids is 1. The van der Waals surface area contributed by atoms with E-state index in [4.69, 9.17) is 16.3 Å². The van der Waals surface area contributed by atoms with Crippen molar-refractivity contribution in [3.8, 4) is 5.75 Å². The highest BCUT2D eigenvalue weighted by Gasteiger charge is 2.10. The number of nitrogens with one attached hydrogen (secondary N) is 1. The van der Waals surface area contributed by atoms with E-state index < -0.39 is 0 Å². The summed E-state index contributed by atoms with van der Waals surface area (Å²) in [6, 6.07) is 9.31. The molecule has 6 heteroatoms. The quantitative estimate of drug-likeness (QED) is 0.737. The zero-order valence-electron chi connectivity index (χ0n) is 14.3. The predicted octanol–water partition coefficient (Wildman–Crippen LogP) is 3.14. The summed E-state index contributed by atoms with van der Waals surface area (Å²) in [4.78, 5) is 16.5. The summed E-state index contributed by atoms with van der Waals surface area (Å²) in [7, 11) is 3.56. The Hall–Kier alpha value is -2.53. The van der Waals surface area contributed by atoms with Crippen molar-refractivity contribution in [2.75, 3.05) is 13.7 Å². The molecule has 2 aromatic heterocycles. The van der Waals surface area contributed by atoms with Gasteiger partial charge in [-0.25, -0.2) is 4.98 Å². The van der Waals surface area contributed by atoms with Crippen molar-refractivity contribution in [3.63, 3.8) is 0 Å². The van der Waals surface area contributed by atoms with Gasteiger partial charge in [0, 0.05) is 36.4 Å². The molecule has 0 radical (unpaired) electrons. The van der Waals surface area contributed by atoms with Crippen LogP contribution in [0.4, 0.5) is 0 Å². The Morgan fingerprint density at radius 1 is 1.32 bits per heavy atom. The van der Waals surface area contributed by atoms with E-state index in [0.29, 0.717) is 17.3 Å². The van der Waals surface area contributed by atoms with E-state index >= 15 is 0 Å². The standard InChI is InChI=1S/C19H20ClN3O2/c1-23-12-14(16-4-3-8-22-19(16)23)7-9-21-18(24)10-13-5-6-15(25-2)11-17(13)20/h3-6,8,11-12H,7,9-10H2,1-2H3,(H,21,24). The van der Waals surface area contributed by atoms with Crippen LogP contribution in [0.2, 0.25) is 5.02 Å². The number of amides is 1. The third-order valence-electron chi connectivity index (χ3n) is 4.14. The monoisotopic (exact) mass is 357 g/mol. The third kappa shape index (κ3) is 3.94. The van der Waals surface area contributed by atoms with Crippen LogP contribution in [0.15, 0.2) is 42.7 Å². The SMILES string of the molecule is COc1ccc(CC(=O)NCCc2cn(C)c3ncccc23)c(Cl)c1. The van der Waals surface area contributed by atoms with E-state index in [0.717, 1.165) is 23.0 Å². The number of nitrogens with zero attached hydrogens (tertiary/aromatic N) is 2. The Kier molecular flexibility index (Phi) is 5.24. The van der Waals surface area contributed by atoms with Crippen LogP contribution in [0.3, 0.4) is 0 Å². The molecule has 130 valence electrons. The maximum Gasteiger partial charge on any atom is 0.224 e. The fourth-order valence-electron chi connectivity index (χ4n) is 2.86. The van der Waals surface area contributed by atoms with Gasteiger partial charge in [-0.1, -0.05) is 17.7 Å². The van der Waals surface area contributed by atoms with Crippen molar-refractivity contribution in [2.45, 2.75) is 12.8 Å². The van der Waals surface area contributed by atoms with E-state index in [1.54, 1.807) is 25.4 Å². The number of hydrogen-bond donors (Lipinski definition) is 1. The van der Waals surface area contributed by atoms with Crippen molar-refractivity contribution in [3.05, 3.63) is 58.9 Å². The first kappa shape index (κ1) is 17.3. The van der Waals surface area contributed by atoms with Crippen LogP contribution in [0.25, 0.3) is 11.0 Å². The molecule has 0 atom stereocenters. The Balaban J connectivity index is 1.57. The highest BCUT2D eigenvalue weighted by atomic mass is 35.5. The molecule has 0 fully saturated rings. The van der Waals surface area contributed by atoms with Crippen LogP contribution in [0, 0.1) is 0 Å². The van der Waals surface area contributed by atoms with E-state index in [1.807, 2.05) is 23.7 Å². The average molecular weight is 358 g/mol. The maximum atomic E-state index is 12.2. The summed E-state index contributed by atoms with van der Waals surface area (Å²) in [5, 5.41) is 4.61. The second kappa shape index (κ2) is 7.57. The largest absolute Gasteiger partial charge is 0.497 e. The van der Waals surface area contributed by atoms with Gasteiger partial charge in [0.05, 0.1) is 13.5 Å². The van der Waals surface area contributed by atoms with Gasteiger partial charge < -0.3 is 14.6 Å². The minimum Gasteiger partial charge on any atom is -0.497 e. The van der Waals surface area contributed by atoms with Crippen LogP contribution in [0.5, 0.6) is 5.75 Å². The molecule has 1 aromatic carbocycles. The summed E-state index contributed by atoms with van der Waals surface area (Å²) in [5.41, 5.74) is 2.91. The van der Waals surface area contributed by atoms with Crippen molar-refractivity contribution in [2.24, 2.45) is 7.05 Å². The molecule has 0 aliphatic rings. The second-order valence-corrected chi connectivity index (χ2v) is 6.28. The van der Waals surface area contributed by atoms with Gasteiger partial charge in [-0.15, -0.1) is 0 Å². The Morgan fingerprint density at radius 3 is 2.92 bits per heavy atom. The Morgan fingerprint density at radius 2 is 2.16 bits per heavy atom. The van der Waals surface area contributed by atoms with Crippen molar-refractivity contribution >= 4 is 28.5 Å². The van der Waals surface area contributed by atoms with E-state index in [2.05, 4.69) is 22.6 Å². The number of aryl methyl sites for hydroxylation is 1. The van der Waals surface area contributed by atoms with Crippen LogP contribution >= 0.6 is 11.6 Å². The second-order valence-electron chi connectivity index (χ2n) is 5.87. The number of hydrogen-bond acceptors (Lipinski definition) is 3. The molecule has 3 aromatic rings. The molecule has 0 aliphatic carbocycles. The van der Waals surface area contributed by atoms with Crippen LogP contribution in [-0.4, -0.2) is 29.1 Å². The van der Waals surface area contributed by atoms with E-state index in [-0.39, 0.29) is 12.3 Å². The topological polar surface area (TPSA) is 56.1 Å². The lowest BCUT2D eigenvalue weighted by Crippen LogP contribution is -2.27. The number of fused-ring (bicyclic) bond motifs is 1.